The van der Waals surface area contributed by atoms with Gasteiger partial charge in [0, 0.05) is 13.1 Å². The zero-order chi connectivity index (χ0) is 14.6. The van der Waals surface area contributed by atoms with E-state index in [4.69, 9.17) is 10.5 Å². The Hall–Kier alpha value is -1.83. The molecule has 0 spiro atoms. The van der Waals surface area contributed by atoms with Crippen LogP contribution >= 0.6 is 15.9 Å². The Morgan fingerprint density at radius 3 is 2.68 bits per heavy atom. The molecule has 0 fully saturated rings. The lowest BCUT2D eigenvalue weighted by molar-refractivity contribution is -0.126. The van der Waals surface area contributed by atoms with Crippen LogP contribution in [0.15, 0.2) is 16.6 Å². The largest absolute Gasteiger partial charge is 0.479 e. The molecule has 1 unspecified atom stereocenters. The van der Waals surface area contributed by atoms with E-state index in [0.717, 1.165) is 6.07 Å². The Morgan fingerprint density at radius 2 is 2.11 bits per heavy atom. The number of amides is 3. The van der Waals surface area contributed by atoms with E-state index >= 15 is 0 Å². The molecule has 0 radical (unpaired) electrons. The number of benzene rings is 1. The fourth-order valence-electron chi connectivity index (χ4n) is 1.17. The zero-order valence-corrected chi connectivity index (χ0v) is 11.9. The molecule has 0 aliphatic rings. The summed E-state index contributed by atoms with van der Waals surface area (Å²) >= 11 is 2.97. The number of ether oxygens (including phenoxy) is 1. The smallest absolute Gasteiger partial charge is 0.321 e. The van der Waals surface area contributed by atoms with Crippen molar-refractivity contribution in [2.45, 2.75) is 13.0 Å². The van der Waals surface area contributed by atoms with Crippen LogP contribution in [0, 0.1) is 5.82 Å². The third-order valence-corrected chi connectivity index (χ3v) is 2.80. The zero-order valence-electron chi connectivity index (χ0n) is 10.3. The van der Waals surface area contributed by atoms with Crippen LogP contribution in [-0.2, 0) is 4.79 Å². The van der Waals surface area contributed by atoms with Crippen molar-refractivity contribution in [1.29, 1.82) is 0 Å². The van der Waals surface area contributed by atoms with Gasteiger partial charge in [-0.25, -0.2) is 9.18 Å². The third-order valence-electron chi connectivity index (χ3n) is 2.19. The second kappa shape index (κ2) is 6.37. The second-order valence-corrected chi connectivity index (χ2v) is 4.49. The monoisotopic (exact) mass is 333 g/mol. The van der Waals surface area contributed by atoms with Gasteiger partial charge in [-0.05, 0) is 28.9 Å². The average Bonchev–Trinajstić information content (AvgIpc) is 2.35. The van der Waals surface area contributed by atoms with Crippen molar-refractivity contribution >= 4 is 33.6 Å². The van der Waals surface area contributed by atoms with E-state index in [1.807, 2.05) is 5.32 Å². The molecule has 4 N–H and O–H groups in total. The van der Waals surface area contributed by atoms with Gasteiger partial charge in [0.2, 0.25) is 0 Å². The van der Waals surface area contributed by atoms with Crippen LogP contribution < -0.4 is 21.1 Å². The molecule has 1 atom stereocenters. The molecular weight excluding hydrogens is 321 g/mol. The topological polar surface area (TPSA) is 93.5 Å². The Morgan fingerprint density at radius 1 is 1.47 bits per heavy atom. The molecule has 8 heteroatoms. The second-order valence-electron chi connectivity index (χ2n) is 3.63. The van der Waals surface area contributed by atoms with E-state index in [1.54, 1.807) is 0 Å². The van der Waals surface area contributed by atoms with Crippen molar-refractivity contribution in [1.82, 2.24) is 10.6 Å². The molecular formula is C11H13BrFN3O3. The molecule has 104 valence electrons. The minimum Gasteiger partial charge on any atom is -0.479 e. The van der Waals surface area contributed by atoms with Crippen LogP contribution in [-0.4, -0.2) is 25.1 Å². The van der Waals surface area contributed by atoms with E-state index in [0.29, 0.717) is 0 Å². The summed E-state index contributed by atoms with van der Waals surface area (Å²) in [6.45, 7) is 1.41. The Bertz CT molecular complexity index is 510. The number of nitrogens with two attached hydrogens (primary N) is 1. The van der Waals surface area contributed by atoms with E-state index in [-0.39, 0.29) is 15.9 Å². The summed E-state index contributed by atoms with van der Waals surface area (Å²) in [5, 5.41) is 4.26. The van der Waals surface area contributed by atoms with Crippen LogP contribution in [0.25, 0.3) is 0 Å². The normalized spacial score (nSPS) is 11.6. The fourth-order valence-corrected chi connectivity index (χ4v) is 1.53. The summed E-state index contributed by atoms with van der Waals surface area (Å²) in [6, 6.07) is 1.73. The molecule has 0 aliphatic heterocycles. The first-order valence-corrected chi connectivity index (χ1v) is 6.08. The van der Waals surface area contributed by atoms with Crippen LogP contribution in [0.4, 0.5) is 14.9 Å². The fraction of sp³-hybridized carbons (Fsp3) is 0.273. The first kappa shape index (κ1) is 15.2. The van der Waals surface area contributed by atoms with Gasteiger partial charge in [0.15, 0.2) is 6.10 Å². The van der Waals surface area contributed by atoms with Gasteiger partial charge in [-0.1, -0.05) is 0 Å². The molecule has 1 rings (SSSR count). The summed E-state index contributed by atoms with van der Waals surface area (Å²) in [7, 11) is 1.37. The maximum absolute atomic E-state index is 13.3. The van der Waals surface area contributed by atoms with E-state index in [2.05, 4.69) is 21.2 Å². The number of anilines is 1. The average molecular weight is 334 g/mol. The number of carbonyl (C=O) groups excluding carboxylic acids is 2. The summed E-state index contributed by atoms with van der Waals surface area (Å²) < 4.78 is 18.7. The summed E-state index contributed by atoms with van der Waals surface area (Å²) in [5.74, 6) is -1.20. The number of nitrogens with one attached hydrogen (secondary N) is 2. The molecule has 0 aromatic heterocycles. The number of hydrogen-bond acceptors (Lipinski definition) is 4. The van der Waals surface area contributed by atoms with Crippen molar-refractivity contribution in [2.24, 2.45) is 0 Å². The van der Waals surface area contributed by atoms with E-state index < -0.39 is 23.9 Å². The van der Waals surface area contributed by atoms with Crippen LogP contribution in [0.1, 0.15) is 6.92 Å². The van der Waals surface area contributed by atoms with Crippen molar-refractivity contribution in [3.8, 4) is 5.75 Å². The van der Waals surface area contributed by atoms with Gasteiger partial charge in [-0.3, -0.25) is 10.1 Å². The molecule has 0 heterocycles. The number of nitrogen functional groups attached to an aromatic ring is 1. The van der Waals surface area contributed by atoms with Gasteiger partial charge in [0.05, 0.1) is 10.2 Å². The third kappa shape index (κ3) is 4.09. The maximum atomic E-state index is 13.3. The highest BCUT2D eigenvalue weighted by molar-refractivity contribution is 9.10. The number of urea groups is 1. The van der Waals surface area contributed by atoms with Gasteiger partial charge < -0.3 is 15.8 Å². The van der Waals surface area contributed by atoms with Crippen LogP contribution in [0.3, 0.4) is 0 Å². The summed E-state index contributed by atoms with van der Waals surface area (Å²) in [4.78, 5) is 22.5. The standard InChI is InChI=1S/C11H13BrFN3O3/c1-5(10(17)16-11(18)15-2)19-9-4-7(13)6(12)3-8(9)14/h3-5H,14H2,1-2H3,(H2,15,16,17,18). The Labute approximate surface area is 117 Å². The van der Waals surface area contributed by atoms with Crippen molar-refractivity contribution in [3.05, 3.63) is 22.4 Å². The number of hydrogen-bond donors (Lipinski definition) is 3. The lowest BCUT2D eigenvalue weighted by atomic mass is 10.3. The van der Waals surface area contributed by atoms with Gasteiger partial charge in [-0.2, -0.15) is 0 Å². The van der Waals surface area contributed by atoms with E-state index in [1.165, 1.54) is 20.0 Å². The molecule has 6 nitrogen and oxygen atoms in total. The molecule has 1 aromatic rings. The lowest BCUT2D eigenvalue weighted by Gasteiger charge is -2.15. The molecule has 3 amide bonds. The van der Waals surface area contributed by atoms with Crippen LogP contribution in [0.2, 0.25) is 0 Å². The highest BCUT2D eigenvalue weighted by Gasteiger charge is 2.18. The van der Waals surface area contributed by atoms with E-state index in [9.17, 15) is 14.0 Å². The number of halogens is 2. The van der Waals surface area contributed by atoms with Gasteiger partial charge >= 0.3 is 6.03 Å². The lowest BCUT2D eigenvalue weighted by Crippen LogP contribution is -2.44. The molecule has 0 saturated heterocycles. The molecule has 0 aliphatic carbocycles. The van der Waals surface area contributed by atoms with Crippen molar-refractivity contribution < 1.29 is 18.7 Å². The Kier molecular flexibility index (Phi) is 5.11. The van der Waals surface area contributed by atoms with Gasteiger partial charge in [0.1, 0.15) is 11.6 Å². The van der Waals surface area contributed by atoms with Gasteiger partial charge in [0.25, 0.3) is 5.91 Å². The maximum Gasteiger partial charge on any atom is 0.321 e. The summed E-state index contributed by atoms with van der Waals surface area (Å²) in [5.41, 5.74) is 5.81. The molecule has 0 saturated carbocycles. The number of rotatable bonds is 3. The summed E-state index contributed by atoms with van der Waals surface area (Å²) in [6.07, 6.45) is -1.000. The molecule has 0 bridgehead atoms. The molecule has 19 heavy (non-hydrogen) atoms. The predicted molar refractivity (Wildman–Crippen MR) is 71.2 cm³/mol. The van der Waals surface area contributed by atoms with Crippen molar-refractivity contribution in [2.75, 3.05) is 12.8 Å². The minimum absolute atomic E-state index is 0.0280. The van der Waals surface area contributed by atoms with Crippen molar-refractivity contribution in [3.63, 3.8) is 0 Å². The highest BCUT2D eigenvalue weighted by Crippen LogP contribution is 2.29. The predicted octanol–water partition coefficient (Wildman–Crippen LogP) is 1.39. The highest BCUT2D eigenvalue weighted by atomic mass is 79.9. The number of carbonyl (C=O) groups is 2. The number of imide groups is 1. The first-order valence-electron chi connectivity index (χ1n) is 5.29. The SMILES string of the molecule is CNC(=O)NC(=O)C(C)Oc1cc(F)c(Br)cc1N. The van der Waals surface area contributed by atoms with Crippen LogP contribution in [0.5, 0.6) is 5.75 Å². The van der Waals surface area contributed by atoms with Gasteiger partial charge in [-0.15, -0.1) is 0 Å². The molecule has 1 aromatic carbocycles. The Balaban J connectivity index is 2.77. The quantitative estimate of drug-likeness (QED) is 0.729. The first-order chi connectivity index (χ1) is 8.85. The minimum atomic E-state index is -1.000.